The summed E-state index contributed by atoms with van der Waals surface area (Å²) in [7, 11) is 0. The number of aromatic hydroxyl groups is 1. The molecule has 0 saturated carbocycles. The van der Waals surface area contributed by atoms with E-state index in [-0.39, 0.29) is 17.9 Å². The third-order valence-electron chi connectivity index (χ3n) is 5.39. The summed E-state index contributed by atoms with van der Waals surface area (Å²) in [4.78, 5) is 16.6. The molecule has 0 radical (unpaired) electrons. The van der Waals surface area contributed by atoms with Gasteiger partial charge in [0.2, 0.25) is 5.88 Å². The van der Waals surface area contributed by atoms with Crippen molar-refractivity contribution in [2.75, 3.05) is 13.2 Å². The van der Waals surface area contributed by atoms with Crippen LogP contribution in [0.2, 0.25) is 0 Å². The fourth-order valence-electron chi connectivity index (χ4n) is 3.70. The van der Waals surface area contributed by atoms with E-state index in [4.69, 9.17) is 10.00 Å². The summed E-state index contributed by atoms with van der Waals surface area (Å²) in [6.07, 6.45) is 6.18. The Bertz CT molecular complexity index is 1130. The molecule has 1 amide bonds. The molecule has 8 heteroatoms. The highest BCUT2D eigenvalue weighted by atomic mass is 16.5. The van der Waals surface area contributed by atoms with Crippen LogP contribution in [-0.4, -0.2) is 45.0 Å². The number of nitrogens with zero attached hydrogens (tertiary/aromatic N) is 4. The lowest BCUT2D eigenvalue weighted by atomic mass is 10.0. The Morgan fingerprint density at radius 1 is 1.32 bits per heavy atom. The molecule has 3 aromatic rings. The van der Waals surface area contributed by atoms with Crippen molar-refractivity contribution in [3.05, 3.63) is 59.4 Å². The van der Waals surface area contributed by atoms with Crippen LogP contribution in [-0.2, 0) is 4.74 Å². The molecule has 158 valence electrons. The monoisotopic (exact) mass is 417 g/mol. The minimum atomic E-state index is -0.198. The first-order valence-electron chi connectivity index (χ1n) is 10.2. The van der Waals surface area contributed by atoms with E-state index in [0.29, 0.717) is 29.1 Å². The van der Waals surface area contributed by atoms with Crippen LogP contribution < -0.4 is 5.32 Å². The number of hydrogen-bond donors (Lipinski definition) is 2. The van der Waals surface area contributed by atoms with Crippen LogP contribution in [0.1, 0.15) is 40.7 Å². The maximum atomic E-state index is 12.3. The number of nitrogens with one attached hydrogen (secondary N) is 1. The van der Waals surface area contributed by atoms with E-state index in [9.17, 15) is 9.90 Å². The van der Waals surface area contributed by atoms with Crippen LogP contribution >= 0.6 is 0 Å². The summed E-state index contributed by atoms with van der Waals surface area (Å²) in [5.74, 6) is 0.135. The summed E-state index contributed by atoms with van der Waals surface area (Å²) < 4.78 is 6.87. The second-order valence-electron chi connectivity index (χ2n) is 7.52. The van der Waals surface area contributed by atoms with Gasteiger partial charge in [0.1, 0.15) is 0 Å². The van der Waals surface area contributed by atoms with Crippen molar-refractivity contribution in [2.24, 2.45) is 0 Å². The van der Waals surface area contributed by atoms with Crippen LogP contribution in [0.25, 0.3) is 16.9 Å². The van der Waals surface area contributed by atoms with E-state index in [1.165, 1.54) is 10.9 Å². The average Bonchev–Trinajstić information content (AvgIpc) is 3.43. The van der Waals surface area contributed by atoms with Crippen molar-refractivity contribution in [1.29, 1.82) is 5.26 Å². The fraction of sp³-hybridized carbons (Fsp3) is 0.304. The van der Waals surface area contributed by atoms with Crippen LogP contribution in [0.15, 0.2) is 42.7 Å². The van der Waals surface area contributed by atoms with E-state index < -0.39 is 0 Å². The Balaban J connectivity index is 1.46. The maximum Gasteiger partial charge on any atom is 0.252 e. The van der Waals surface area contributed by atoms with Crippen LogP contribution in [0, 0.1) is 18.3 Å². The third-order valence-corrected chi connectivity index (χ3v) is 5.39. The normalized spacial score (nSPS) is 15.5. The van der Waals surface area contributed by atoms with Gasteiger partial charge in [-0.1, -0.05) is 6.07 Å². The first-order chi connectivity index (χ1) is 15.1. The largest absolute Gasteiger partial charge is 0.493 e. The van der Waals surface area contributed by atoms with Gasteiger partial charge < -0.3 is 15.2 Å². The molecule has 2 aromatic heterocycles. The average molecular weight is 417 g/mol. The third kappa shape index (κ3) is 4.42. The van der Waals surface area contributed by atoms with Crippen LogP contribution in [0.3, 0.4) is 0 Å². The summed E-state index contributed by atoms with van der Waals surface area (Å²) in [6, 6.07) is 10.6. The molecule has 1 atom stereocenters. The van der Waals surface area contributed by atoms with E-state index in [1.54, 1.807) is 36.5 Å². The fourth-order valence-corrected chi connectivity index (χ4v) is 3.70. The van der Waals surface area contributed by atoms with E-state index in [0.717, 1.165) is 37.0 Å². The molecular weight excluding hydrogens is 394 g/mol. The molecule has 1 unspecified atom stereocenters. The zero-order chi connectivity index (χ0) is 21.8. The lowest BCUT2D eigenvalue weighted by Crippen LogP contribution is -2.27. The number of nitriles is 1. The van der Waals surface area contributed by atoms with Gasteiger partial charge in [0.05, 0.1) is 35.1 Å². The van der Waals surface area contributed by atoms with Crippen molar-refractivity contribution in [2.45, 2.75) is 32.3 Å². The SMILES string of the molecule is Cc1cc(C#N)ccc1-c1cnn(-c2ccc(C(=O)NCCC3CCCO3)cn2)c1O. The molecule has 1 saturated heterocycles. The van der Waals surface area contributed by atoms with E-state index in [1.807, 2.05) is 6.92 Å². The minimum absolute atomic E-state index is 0.0610. The lowest BCUT2D eigenvalue weighted by Gasteiger charge is -2.10. The highest BCUT2D eigenvalue weighted by Crippen LogP contribution is 2.33. The van der Waals surface area contributed by atoms with Crippen molar-refractivity contribution < 1.29 is 14.6 Å². The number of aromatic nitrogens is 3. The zero-order valence-electron chi connectivity index (χ0n) is 17.2. The Kier molecular flexibility index (Phi) is 5.96. The molecule has 1 fully saturated rings. The number of rotatable bonds is 6. The number of ether oxygens (including phenoxy) is 1. The van der Waals surface area contributed by atoms with Gasteiger partial charge in [-0.15, -0.1) is 0 Å². The zero-order valence-corrected chi connectivity index (χ0v) is 17.2. The Labute approximate surface area is 180 Å². The van der Waals surface area contributed by atoms with Crippen molar-refractivity contribution in [3.8, 4) is 28.9 Å². The van der Waals surface area contributed by atoms with Gasteiger partial charge in [-0.3, -0.25) is 4.79 Å². The number of benzene rings is 1. The molecule has 0 bridgehead atoms. The van der Waals surface area contributed by atoms with Gasteiger partial charge in [-0.25, -0.2) is 4.98 Å². The molecule has 0 aliphatic carbocycles. The first-order valence-corrected chi connectivity index (χ1v) is 10.2. The quantitative estimate of drug-likeness (QED) is 0.637. The number of amides is 1. The van der Waals surface area contributed by atoms with Gasteiger partial charge in [0.25, 0.3) is 5.91 Å². The summed E-state index contributed by atoms with van der Waals surface area (Å²) in [5, 5.41) is 26.8. The molecule has 1 aliphatic heterocycles. The highest BCUT2D eigenvalue weighted by molar-refractivity contribution is 5.93. The molecule has 1 aromatic carbocycles. The number of pyridine rings is 1. The lowest BCUT2D eigenvalue weighted by molar-refractivity contribution is 0.0907. The van der Waals surface area contributed by atoms with Crippen molar-refractivity contribution >= 4 is 5.91 Å². The van der Waals surface area contributed by atoms with Gasteiger partial charge in [-0.05, 0) is 61.6 Å². The topological polar surface area (TPSA) is 113 Å². The molecule has 4 rings (SSSR count). The Morgan fingerprint density at radius 2 is 2.19 bits per heavy atom. The standard InChI is InChI=1S/C23H23N5O3/c1-15-11-16(12-24)4-6-19(15)20-14-27-28(23(20)30)21-7-5-17(13-26-21)22(29)25-9-8-18-3-2-10-31-18/h4-7,11,13-14,18,30H,2-3,8-10H2,1H3,(H,25,29). The number of carbonyl (C=O) groups is 1. The van der Waals surface area contributed by atoms with Crippen molar-refractivity contribution in [1.82, 2.24) is 20.1 Å². The number of hydrogen-bond acceptors (Lipinski definition) is 6. The predicted octanol–water partition coefficient (Wildman–Crippen LogP) is 3.12. The van der Waals surface area contributed by atoms with Crippen molar-refractivity contribution in [3.63, 3.8) is 0 Å². The predicted molar refractivity (Wildman–Crippen MR) is 114 cm³/mol. The second kappa shape index (κ2) is 8.98. The smallest absolute Gasteiger partial charge is 0.252 e. The molecule has 3 heterocycles. The molecular formula is C23H23N5O3. The molecule has 8 nitrogen and oxygen atoms in total. The summed E-state index contributed by atoms with van der Waals surface area (Å²) in [5.41, 5.74) is 3.17. The van der Waals surface area contributed by atoms with E-state index in [2.05, 4.69) is 21.5 Å². The van der Waals surface area contributed by atoms with E-state index >= 15 is 0 Å². The highest BCUT2D eigenvalue weighted by Gasteiger charge is 2.17. The Hall–Kier alpha value is -3.70. The van der Waals surface area contributed by atoms with Crippen LogP contribution in [0.4, 0.5) is 0 Å². The first kappa shape index (κ1) is 20.6. The summed E-state index contributed by atoms with van der Waals surface area (Å²) >= 11 is 0. The molecule has 1 aliphatic rings. The minimum Gasteiger partial charge on any atom is -0.493 e. The number of carbonyl (C=O) groups excluding carboxylic acids is 1. The maximum absolute atomic E-state index is 12.3. The Morgan fingerprint density at radius 3 is 2.87 bits per heavy atom. The molecule has 2 N–H and O–H groups in total. The van der Waals surface area contributed by atoms with Gasteiger partial charge in [0, 0.05) is 19.3 Å². The molecule has 31 heavy (non-hydrogen) atoms. The molecule has 0 spiro atoms. The van der Waals surface area contributed by atoms with Gasteiger partial charge in [0.15, 0.2) is 5.82 Å². The second-order valence-corrected chi connectivity index (χ2v) is 7.52. The summed E-state index contributed by atoms with van der Waals surface area (Å²) in [6.45, 7) is 3.23. The van der Waals surface area contributed by atoms with Crippen LogP contribution in [0.5, 0.6) is 5.88 Å². The van der Waals surface area contributed by atoms with Gasteiger partial charge in [-0.2, -0.15) is 15.0 Å². The number of aryl methyl sites for hydroxylation is 1. The van der Waals surface area contributed by atoms with Gasteiger partial charge >= 0.3 is 0 Å².